The fourth-order valence-corrected chi connectivity index (χ4v) is 4.57. The molecule has 1 aliphatic rings. The van der Waals surface area contributed by atoms with E-state index >= 15 is 0 Å². The minimum atomic E-state index is -3.87. The second kappa shape index (κ2) is 8.26. The average Bonchev–Trinajstić information content (AvgIpc) is 3.54. The third kappa shape index (κ3) is 4.86. The highest BCUT2D eigenvalue weighted by Crippen LogP contribution is 2.44. The number of anilines is 1. The first-order valence-corrected chi connectivity index (χ1v) is 11.4. The van der Waals surface area contributed by atoms with Gasteiger partial charge < -0.3 is 5.32 Å². The molecule has 0 saturated heterocycles. The summed E-state index contributed by atoms with van der Waals surface area (Å²) in [5, 5.41) is 3.11. The summed E-state index contributed by atoms with van der Waals surface area (Å²) in [6, 6.07) is 18.7. The lowest BCUT2D eigenvalue weighted by Crippen LogP contribution is -2.14. The lowest BCUT2D eigenvalue weighted by molar-refractivity contribution is 0.343. The van der Waals surface area contributed by atoms with Crippen LogP contribution in [0, 0.1) is 5.82 Å². The maximum Gasteiger partial charge on any atom is 0.298 e. The van der Waals surface area contributed by atoms with E-state index in [1.54, 1.807) is 24.3 Å². The minimum absolute atomic E-state index is 0.0937. The highest BCUT2D eigenvalue weighted by molar-refractivity contribution is 9.10. The molecule has 0 amide bonds. The zero-order valence-corrected chi connectivity index (χ0v) is 17.8. The van der Waals surface area contributed by atoms with Crippen LogP contribution in [-0.4, -0.2) is 15.1 Å². The van der Waals surface area contributed by atoms with Gasteiger partial charge in [-0.2, -0.15) is 8.42 Å². The highest BCUT2D eigenvalue weighted by Gasteiger charge is 2.26. The summed E-state index contributed by atoms with van der Waals surface area (Å²) in [6.07, 6.45) is 2.23. The molecule has 0 unspecified atom stereocenters. The maximum atomic E-state index is 13.2. The number of benzene rings is 3. The van der Waals surface area contributed by atoms with Crippen molar-refractivity contribution in [1.82, 2.24) is 0 Å². The molecule has 7 heteroatoms. The number of hydrogen-bond acceptors (Lipinski definition) is 4. The van der Waals surface area contributed by atoms with Crippen LogP contribution in [0.5, 0.6) is 0 Å². The monoisotopic (exact) mass is 475 g/mol. The largest absolute Gasteiger partial charge is 0.361 e. The fourth-order valence-electron chi connectivity index (χ4n) is 3.16. The van der Waals surface area contributed by atoms with E-state index in [0.29, 0.717) is 10.4 Å². The topological polar surface area (TPSA) is 55.4 Å². The van der Waals surface area contributed by atoms with Crippen LogP contribution in [0.3, 0.4) is 0 Å². The Morgan fingerprint density at radius 1 is 1.00 bits per heavy atom. The van der Waals surface area contributed by atoms with E-state index in [-0.39, 0.29) is 17.4 Å². The van der Waals surface area contributed by atoms with Gasteiger partial charge in [0.1, 0.15) is 12.5 Å². The van der Waals surface area contributed by atoms with Gasteiger partial charge in [-0.25, -0.2) is 8.57 Å². The molecule has 1 saturated carbocycles. The molecule has 0 aliphatic heterocycles. The van der Waals surface area contributed by atoms with Gasteiger partial charge in [0.05, 0.1) is 4.90 Å². The lowest BCUT2D eigenvalue weighted by atomic mass is 10.00. The van der Waals surface area contributed by atoms with Crippen molar-refractivity contribution in [3.8, 4) is 11.1 Å². The molecule has 4 nitrogen and oxygen atoms in total. The van der Waals surface area contributed by atoms with Gasteiger partial charge in [-0.1, -0.05) is 46.3 Å². The number of nitrogens with one attached hydrogen (secondary N) is 1. The van der Waals surface area contributed by atoms with E-state index in [2.05, 4.69) is 21.2 Å². The van der Waals surface area contributed by atoms with Gasteiger partial charge >= 0.3 is 0 Å². The Morgan fingerprint density at radius 3 is 2.41 bits per heavy atom. The Morgan fingerprint density at radius 2 is 1.72 bits per heavy atom. The minimum Gasteiger partial charge on any atom is -0.361 e. The van der Waals surface area contributed by atoms with E-state index in [9.17, 15) is 12.8 Å². The van der Waals surface area contributed by atoms with Crippen molar-refractivity contribution in [2.24, 2.45) is 0 Å². The second-order valence-corrected chi connectivity index (χ2v) is 9.46. The van der Waals surface area contributed by atoms with Gasteiger partial charge in [-0.15, -0.1) is 0 Å². The Bertz CT molecular complexity index is 1130. The molecule has 0 heterocycles. The van der Waals surface area contributed by atoms with Gasteiger partial charge in [0.15, 0.2) is 0 Å². The summed E-state index contributed by atoms with van der Waals surface area (Å²) < 4.78 is 43.9. The van der Waals surface area contributed by atoms with Crippen molar-refractivity contribution in [3.63, 3.8) is 0 Å². The van der Waals surface area contributed by atoms with Crippen molar-refractivity contribution in [2.75, 3.05) is 12.0 Å². The summed E-state index contributed by atoms with van der Waals surface area (Å²) >= 11 is 3.27. The van der Waals surface area contributed by atoms with Crippen LogP contribution < -0.4 is 5.32 Å². The van der Waals surface area contributed by atoms with Crippen LogP contribution in [0.2, 0.25) is 0 Å². The van der Waals surface area contributed by atoms with Crippen LogP contribution in [0.15, 0.2) is 76.1 Å². The zero-order valence-electron chi connectivity index (χ0n) is 15.4. The van der Waals surface area contributed by atoms with Crippen LogP contribution in [0.4, 0.5) is 10.1 Å². The average molecular weight is 476 g/mol. The molecule has 150 valence electrons. The first-order valence-electron chi connectivity index (χ1n) is 9.21. The fraction of sp³-hybridized carbons (Fsp3) is 0.182. The van der Waals surface area contributed by atoms with E-state index in [1.165, 1.54) is 24.3 Å². The molecule has 1 fully saturated rings. The summed E-state index contributed by atoms with van der Waals surface area (Å²) in [7, 11) is -3.87. The molecule has 29 heavy (non-hydrogen) atoms. The van der Waals surface area contributed by atoms with Gasteiger partial charge in [0.2, 0.25) is 0 Å². The summed E-state index contributed by atoms with van der Waals surface area (Å²) in [5.41, 5.74) is 3.78. The normalized spacial score (nSPS) is 14.0. The van der Waals surface area contributed by atoms with Crippen LogP contribution in [-0.2, 0) is 14.3 Å². The standard InChI is InChI=1S/C22H19BrFNO3S/c23-18-2-1-3-20(13-18)29(26,27)28-14-25-22-12-17(8-11-21(22)16-4-5-16)15-6-9-19(24)10-7-15/h1-3,6-13,16,25H,4-5,14H2. The molecule has 3 aromatic rings. The Balaban J connectivity index is 1.52. The molecule has 0 atom stereocenters. The Hall–Kier alpha value is -2.22. The van der Waals surface area contributed by atoms with Crippen molar-refractivity contribution in [3.05, 3.63) is 82.6 Å². The summed E-state index contributed by atoms with van der Waals surface area (Å²) in [6.45, 7) is -0.179. The third-order valence-electron chi connectivity index (χ3n) is 4.81. The van der Waals surface area contributed by atoms with Gasteiger partial charge in [-0.3, -0.25) is 0 Å². The maximum absolute atomic E-state index is 13.2. The molecular formula is C22H19BrFNO3S. The van der Waals surface area contributed by atoms with Crippen molar-refractivity contribution in [2.45, 2.75) is 23.7 Å². The third-order valence-corrected chi connectivity index (χ3v) is 6.56. The molecule has 0 bridgehead atoms. The number of hydrogen-bond donors (Lipinski definition) is 1. The number of rotatable bonds is 7. The molecule has 1 aliphatic carbocycles. The summed E-state index contributed by atoms with van der Waals surface area (Å²) in [4.78, 5) is 0.0937. The van der Waals surface area contributed by atoms with E-state index in [1.807, 2.05) is 18.2 Å². The summed E-state index contributed by atoms with van der Waals surface area (Å²) in [5.74, 6) is 0.189. The smallest absolute Gasteiger partial charge is 0.298 e. The van der Waals surface area contributed by atoms with Crippen molar-refractivity contribution < 1.29 is 17.0 Å². The van der Waals surface area contributed by atoms with Crippen molar-refractivity contribution in [1.29, 1.82) is 0 Å². The van der Waals surface area contributed by atoms with E-state index < -0.39 is 10.1 Å². The Kier molecular flexibility index (Phi) is 5.72. The Labute approximate surface area is 178 Å². The predicted molar refractivity (Wildman–Crippen MR) is 115 cm³/mol. The first-order chi connectivity index (χ1) is 13.9. The zero-order chi connectivity index (χ0) is 20.4. The predicted octanol–water partition coefficient (Wildman–Crippen LogP) is 5.91. The van der Waals surface area contributed by atoms with Crippen LogP contribution in [0.25, 0.3) is 11.1 Å². The van der Waals surface area contributed by atoms with Crippen molar-refractivity contribution >= 4 is 31.7 Å². The van der Waals surface area contributed by atoms with Crippen LogP contribution in [0.1, 0.15) is 24.3 Å². The number of halogens is 2. The highest BCUT2D eigenvalue weighted by atomic mass is 79.9. The quantitative estimate of drug-likeness (QED) is 0.341. The molecule has 1 N–H and O–H groups in total. The van der Waals surface area contributed by atoms with Gasteiger partial charge in [0.25, 0.3) is 10.1 Å². The lowest BCUT2D eigenvalue weighted by Gasteiger charge is -2.14. The van der Waals surface area contributed by atoms with E-state index in [0.717, 1.165) is 35.2 Å². The second-order valence-electron chi connectivity index (χ2n) is 6.93. The molecule has 0 aromatic heterocycles. The first kappa shape index (κ1) is 20.1. The van der Waals surface area contributed by atoms with Crippen LogP contribution >= 0.6 is 15.9 Å². The molecule has 3 aromatic carbocycles. The SMILES string of the molecule is O=S(=O)(OCNc1cc(-c2ccc(F)cc2)ccc1C1CC1)c1cccc(Br)c1. The molecule has 4 rings (SSSR count). The van der Waals surface area contributed by atoms with E-state index in [4.69, 9.17) is 4.18 Å². The van der Waals surface area contributed by atoms with Gasteiger partial charge in [-0.05, 0) is 71.8 Å². The molecule has 0 spiro atoms. The molecular weight excluding hydrogens is 457 g/mol. The molecule has 0 radical (unpaired) electrons. The van der Waals surface area contributed by atoms with Gasteiger partial charge in [0, 0.05) is 10.2 Å².